The zero-order valence-corrected chi connectivity index (χ0v) is 29.6. The molecule has 1 unspecified atom stereocenters. The molecule has 52 heavy (non-hydrogen) atoms. The smallest absolute Gasteiger partial charge is 0.137 e. The molecule has 0 saturated heterocycles. The van der Waals surface area contributed by atoms with Gasteiger partial charge in [0.05, 0.1) is 0 Å². The molecule has 7 aromatic carbocycles. The van der Waals surface area contributed by atoms with Crippen LogP contribution in [0.25, 0.3) is 53.2 Å². The quantitative estimate of drug-likeness (QED) is 0.122. The topological polar surface area (TPSA) is 16.4 Å². The molecule has 2 aromatic heterocycles. The molecular weight excluding hydrogens is 651 g/mol. The van der Waals surface area contributed by atoms with Crippen molar-refractivity contribution >= 4 is 64.8 Å². The van der Waals surface area contributed by atoms with Crippen LogP contribution in [0, 0.1) is 0 Å². The van der Waals surface area contributed by atoms with Crippen molar-refractivity contribution in [3.8, 4) is 11.1 Å². The first-order valence-corrected chi connectivity index (χ1v) is 19.1. The van der Waals surface area contributed by atoms with Crippen molar-refractivity contribution in [1.82, 2.24) is 0 Å². The van der Waals surface area contributed by atoms with Gasteiger partial charge in [0.1, 0.15) is 11.2 Å². The summed E-state index contributed by atoms with van der Waals surface area (Å²) in [6, 6.07) is 60.3. The van der Waals surface area contributed by atoms with Crippen LogP contribution < -0.4 is 4.90 Å². The van der Waals surface area contributed by atoms with E-state index in [4.69, 9.17) is 4.42 Å². The zero-order chi connectivity index (χ0) is 34.4. The van der Waals surface area contributed by atoms with Crippen LogP contribution in [0.15, 0.2) is 180 Å². The zero-order valence-electron chi connectivity index (χ0n) is 28.8. The molecule has 2 nitrogen and oxygen atoms in total. The van der Waals surface area contributed by atoms with E-state index in [1.165, 1.54) is 59.4 Å². The van der Waals surface area contributed by atoms with E-state index in [0.717, 1.165) is 41.2 Å². The Labute approximate surface area is 307 Å². The molecule has 0 saturated carbocycles. The second-order valence-corrected chi connectivity index (χ2v) is 15.0. The van der Waals surface area contributed by atoms with Crippen LogP contribution in [-0.2, 0) is 0 Å². The molecule has 1 aliphatic rings. The number of rotatable bonds is 7. The van der Waals surface area contributed by atoms with Crippen LogP contribution in [0.2, 0.25) is 0 Å². The van der Waals surface area contributed by atoms with Crippen LogP contribution in [0.1, 0.15) is 41.9 Å². The molecule has 0 radical (unpaired) electrons. The molecule has 0 aliphatic heterocycles. The van der Waals surface area contributed by atoms with Crippen molar-refractivity contribution in [2.24, 2.45) is 0 Å². The van der Waals surface area contributed by atoms with Crippen molar-refractivity contribution < 1.29 is 4.42 Å². The molecule has 0 spiro atoms. The first kappa shape index (κ1) is 30.9. The predicted molar refractivity (Wildman–Crippen MR) is 221 cm³/mol. The number of thiophene rings is 1. The number of nitrogens with zero attached hydrogens (tertiary/aromatic N) is 1. The summed E-state index contributed by atoms with van der Waals surface area (Å²) < 4.78 is 9.32. The molecule has 0 N–H and O–H groups in total. The van der Waals surface area contributed by atoms with Gasteiger partial charge < -0.3 is 9.32 Å². The average molecular weight is 688 g/mol. The Bertz CT molecular complexity index is 2720. The van der Waals surface area contributed by atoms with Gasteiger partial charge in [-0.25, -0.2) is 0 Å². The van der Waals surface area contributed by atoms with Gasteiger partial charge in [-0.1, -0.05) is 121 Å². The largest absolute Gasteiger partial charge is 0.456 e. The molecule has 2 heterocycles. The molecule has 2 atom stereocenters. The maximum Gasteiger partial charge on any atom is 0.137 e. The highest BCUT2D eigenvalue weighted by Crippen LogP contribution is 2.42. The Balaban J connectivity index is 1.06. The summed E-state index contributed by atoms with van der Waals surface area (Å²) in [6.07, 6.45) is 7.91. The second kappa shape index (κ2) is 13.0. The van der Waals surface area contributed by atoms with Gasteiger partial charge in [0.2, 0.25) is 0 Å². The van der Waals surface area contributed by atoms with Gasteiger partial charge in [0.25, 0.3) is 0 Å². The lowest BCUT2D eigenvalue weighted by Gasteiger charge is -2.35. The van der Waals surface area contributed by atoms with E-state index in [1.54, 1.807) is 0 Å². The summed E-state index contributed by atoms with van der Waals surface area (Å²) in [7, 11) is 0. The minimum absolute atomic E-state index is 0.0950. The van der Waals surface area contributed by atoms with Gasteiger partial charge in [-0.2, -0.15) is 0 Å². The number of hydrogen-bond acceptors (Lipinski definition) is 3. The van der Waals surface area contributed by atoms with Crippen molar-refractivity contribution in [3.05, 3.63) is 193 Å². The summed E-state index contributed by atoms with van der Waals surface area (Å²) in [5.41, 5.74) is 10.5. The van der Waals surface area contributed by atoms with E-state index < -0.39 is 0 Å². The standard InChI is InChI=1S/C49H37NOS/c1-4-12-33(13-5-1)34-20-22-36(23-21-34)49(35-14-6-2-7-15-35)37-24-28-45-43(30-37)41-27-25-40(32-46(41)51-45)50(38-16-8-3-9-17-38)39-26-29-48-44(31-39)42-18-10-11-19-47(42)52-48/h1-8,10-15,18-32,38,49H,9,16-17H2/t38?,49-/m1/s1. The maximum atomic E-state index is 6.65. The Morgan fingerprint density at radius 3 is 2.02 bits per heavy atom. The number of furan rings is 1. The summed E-state index contributed by atoms with van der Waals surface area (Å²) in [5.74, 6) is 0.0950. The highest BCUT2D eigenvalue weighted by molar-refractivity contribution is 7.25. The lowest BCUT2D eigenvalue weighted by molar-refractivity contribution is 0.590. The van der Waals surface area contributed by atoms with E-state index in [0.29, 0.717) is 6.04 Å². The monoisotopic (exact) mass is 687 g/mol. The summed E-state index contributed by atoms with van der Waals surface area (Å²) in [4.78, 5) is 2.55. The van der Waals surface area contributed by atoms with Gasteiger partial charge in [0.15, 0.2) is 0 Å². The van der Waals surface area contributed by atoms with E-state index >= 15 is 0 Å². The Kier molecular flexibility index (Phi) is 7.73. The number of anilines is 2. The van der Waals surface area contributed by atoms with E-state index in [9.17, 15) is 0 Å². The van der Waals surface area contributed by atoms with Crippen LogP contribution in [0.3, 0.4) is 0 Å². The lowest BCUT2D eigenvalue weighted by atomic mass is 9.84. The maximum absolute atomic E-state index is 6.65. The molecular formula is C49H37NOS. The molecule has 0 amide bonds. The Hall–Kier alpha value is -5.90. The molecule has 3 heteroatoms. The van der Waals surface area contributed by atoms with Gasteiger partial charge in [0, 0.05) is 60.3 Å². The predicted octanol–water partition coefficient (Wildman–Crippen LogP) is 14.0. The van der Waals surface area contributed by atoms with Gasteiger partial charge in [-0.05, 0) is 95.6 Å². The molecule has 9 aromatic rings. The SMILES string of the molecule is C1=CCC(N(c2ccc3c(c2)oc2ccc([C@H](c4ccccc4)c4ccc(-c5ccccc5)cc4)cc23)c2ccc3sc4ccccc4c3c2)CC1. The minimum Gasteiger partial charge on any atom is -0.456 e. The van der Waals surface area contributed by atoms with Gasteiger partial charge in [-0.3, -0.25) is 0 Å². The van der Waals surface area contributed by atoms with Gasteiger partial charge in [-0.15, -0.1) is 11.3 Å². The highest BCUT2D eigenvalue weighted by atomic mass is 32.1. The summed E-state index contributed by atoms with van der Waals surface area (Å²) >= 11 is 1.87. The Morgan fingerprint density at radius 2 is 1.19 bits per heavy atom. The lowest BCUT2D eigenvalue weighted by Crippen LogP contribution is -2.31. The van der Waals surface area contributed by atoms with Crippen LogP contribution >= 0.6 is 11.3 Å². The third kappa shape index (κ3) is 5.49. The normalized spacial score (nSPS) is 15.1. The second-order valence-electron chi connectivity index (χ2n) is 14.0. The fraction of sp³-hybridized carbons (Fsp3) is 0.102. The van der Waals surface area contributed by atoms with E-state index in [1.807, 2.05) is 11.3 Å². The summed E-state index contributed by atoms with van der Waals surface area (Å²) in [6.45, 7) is 0. The number of hydrogen-bond donors (Lipinski definition) is 0. The number of benzene rings is 7. The van der Waals surface area contributed by atoms with Crippen LogP contribution in [0.4, 0.5) is 11.4 Å². The first-order valence-electron chi connectivity index (χ1n) is 18.3. The fourth-order valence-electron chi connectivity index (χ4n) is 8.28. The molecule has 250 valence electrons. The van der Waals surface area contributed by atoms with Crippen molar-refractivity contribution in [2.45, 2.75) is 31.2 Å². The van der Waals surface area contributed by atoms with E-state index in [2.05, 4.69) is 181 Å². The van der Waals surface area contributed by atoms with Crippen molar-refractivity contribution in [3.63, 3.8) is 0 Å². The summed E-state index contributed by atoms with van der Waals surface area (Å²) in [5, 5.41) is 4.96. The van der Waals surface area contributed by atoms with Crippen molar-refractivity contribution in [2.75, 3.05) is 4.90 Å². The fourth-order valence-corrected chi connectivity index (χ4v) is 9.37. The third-order valence-corrected chi connectivity index (χ3v) is 12.0. The average Bonchev–Trinajstić information content (AvgIpc) is 3.77. The minimum atomic E-state index is 0.0950. The highest BCUT2D eigenvalue weighted by Gasteiger charge is 2.24. The Morgan fingerprint density at radius 1 is 0.500 bits per heavy atom. The molecule has 0 bridgehead atoms. The molecule has 1 aliphatic carbocycles. The molecule has 0 fully saturated rings. The van der Waals surface area contributed by atoms with Crippen LogP contribution in [0.5, 0.6) is 0 Å². The third-order valence-electron chi connectivity index (χ3n) is 10.8. The van der Waals surface area contributed by atoms with E-state index in [-0.39, 0.29) is 5.92 Å². The number of fused-ring (bicyclic) bond motifs is 6. The molecule has 10 rings (SSSR count). The van der Waals surface area contributed by atoms with Crippen LogP contribution in [-0.4, -0.2) is 6.04 Å². The van der Waals surface area contributed by atoms with Crippen molar-refractivity contribution in [1.29, 1.82) is 0 Å². The number of allylic oxidation sites excluding steroid dienone is 1. The first-order chi connectivity index (χ1) is 25.8. The van der Waals surface area contributed by atoms with Gasteiger partial charge >= 0.3 is 0 Å².